The second-order valence-electron chi connectivity index (χ2n) is 6.74. The van der Waals surface area contributed by atoms with E-state index in [1.165, 1.54) is 56.0 Å². The zero-order chi connectivity index (χ0) is 22.8. The van der Waals surface area contributed by atoms with Gasteiger partial charge in [0.25, 0.3) is 17.4 Å². The number of thiophene rings is 1. The van der Waals surface area contributed by atoms with Crippen molar-refractivity contribution >= 4 is 43.4 Å². The van der Waals surface area contributed by atoms with Crippen LogP contribution in [-0.2, 0) is 21.2 Å². The zero-order valence-electron chi connectivity index (χ0n) is 17.1. The molecular formula is C19H21N5O5S2. The minimum atomic E-state index is -3.70. The minimum Gasteiger partial charge on any atom is -0.343 e. The summed E-state index contributed by atoms with van der Waals surface area (Å²) < 4.78 is 26.4. The fraction of sp³-hybridized carbons (Fsp3) is 0.263. The van der Waals surface area contributed by atoms with E-state index in [2.05, 4.69) is 15.7 Å². The number of nitrogens with one attached hydrogen (secondary N) is 2. The fourth-order valence-corrected chi connectivity index (χ4v) is 4.55. The first-order valence-corrected chi connectivity index (χ1v) is 11.5. The molecule has 0 radical (unpaired) electrons. The van der Waals surface area contributed by atoms with Crippen molar-refractivity contribution in [2.75, 3.05) is 26.1 Å². The number of carbonyl (C=O) groups excluding carboxylic acids is 2. The highest BCUT2D eigenvalue weighted by molar-refractivity contribution is 7.89. The smallest absolute Gasteiger partial charge is 0.280 e. The Morgan fingerprint density at radius 3 is 2.65 bits per heavy atom. The largest absolute Gasteiger partial charge is 0.343 e. The molecule has 2 heterocycles. The predicted molar refractivity (Wildman–Crippen MR) is 117 cm³/mol. The molecule has 10 nitrogen and oxygen atoms in total. The molecule has 0 unspecified atom stereocenters. The molecule has 31 heavy (non-hydrogen) atoms. The van der Waals surface area contributed by atoms with Gasteiger partial charge in [-0.25, -0.2) is 22.4 Å². The maximum Gasteiger partial charge on any atom is 0.280 e. The fourth-order valence-electron chi connectivity index (χ4n) is 2.67. The number of hydrogen-bond donors (Lipinski definition) is 2. The summed E-state index contributed by atoms with van der Waals surface area (Å²) in [6.07, 6.45) is 1.99. The molecule has 0 aliphatic rings. The summed E-state index contributed by atoms with van der Waals surface area (Å²) in [5.74, 6) is -1.27. The van der Waals surface area contributed by atoms with Gasteiger partial charge in [-0.2, -0.15) is 0 Å². The van der Waals surface area contributed by atoms with E-state index < -0.39 is 33.9 Å². The monoisotopic (exact) mass is 463 g/mol. The topological polar surface area (TPSA) is 130 Å². The van der Waals surface area contributed by atoms with E-state index in [1.54, 1.807) is 6.07 Å². The lowest BCUT2D eigenvalue weighted by molar-refractivity contribution is -0.116. The second-order valence-corrected chi connectivity index (χ2v) is 10.0. The predicted octanol–water partition coefficient (Wildman–Crippen LogP) is 0.771. The second kappa shape index (κ2) is 8.96. The van der Waals surface area contributed by atoms with Gasteiger partial charge in [-0.3, -0.25) is 19.8 Å². The van der Waals surface area contributed by atoms with Gasteiger partial charge >= 0.3 is 0 Å². The van der Waals surface area contributed by atoms with E-state index in [4.69, 9.17) is 0 Å². The van der Waals surface area contributed by atoms with Crippen molar-refractivity contribution in [1.29, 1.82) is 0 Å². The first-order chi connectivity index (χ1) is 14.6. The number of fused-ring (bicyclic) bond motifs is 1. The Morgan fingerprint density at radius 1 is 1.23 bits per heavy atom. The average Bonchev–Trinajstić information content (AvgIpc) is 3.18. The first kappa shape index (κ1) is 22.6. The van der Waals surface area contributed by atoms with Crippen LogP contribution in [-0.4, -0.2) is 54.8 Å². The summed E-state index contributed by atoms with van der Waals surface area (Å²) in [6.45, 7) is 1.55. The van der Waals surface area contributed by atoms with Crippen molar-refractivity contribution in [3.05, 3.63) is 57.5 Å². The molecule has 0 aliphatic carbocycles. The molecule has 3 rings (SSSR count). The van der Waals surface area contributed by atoms with Gasteiger partial charge in [0.15, 0.2) is 0 Å². The number of rotatable bonds is 7. The molecule has 0 saturated heterocycles. The Labute approximate surface area is 182 Å². The highest BCUT2D eigenvalue weighted by atomic mass is 32.2. The summed E-state index contributed by atoms with van der Waals surface area (Å²) in [6, 6.07) is 7.23. The number of carbonyl (C=O) groups is 2. The van der Waals surface area contributed by atoms with E-state index in [9.17, 15) is 22.8 Å². The summed E-state index contributed by atoms with van der Waals surface area (Å²) >= 11 is 1.42. The number of sulfonamides is 1. The lowest BCUT2D eigenvalue weighted by Gasteiger charge is -2.12. The third-order valence-corrected chi connectivity index (χ3v) is 7.38. The van der Waals surface area contributed by atoms with Gasteiger partial charge in [0.1, 0.15) is 11.2 Å². The van der Waals surface area contributed by atoms with Gasteiger partial charge in [-0.15, -0.1) is 11.3 Å². The SMILES string of the molecule is CCc1cc2c(=O)n(NC(=O)CNC(=O)c3cccc(S(=O)(=O)N(C)C)c3)cnc2s1. The molecule has 0 aliphatic heterocycles. The van der Waals surface area contributed by atoms with Gasteiger partial charge in [-0.05, 0) is 30.7 Å². The highest BCUT2D eigenvalue weighted by Crippen LogP contribution is 2.20. The highest BCUT2D eigenvalue weighted by Gasteiger charge is 2.19. The minimum absolute atomic E-state index is 0.0391. The Morgan fingerprint density at radius 2 is 1.97 bits per heavy atom. The number of amides is 2. The molecule has 0 fully saturated rings. The van der Waals surface area contributed by atoms with Crippen molar-refractivity contribution in [1.82, 2.24) is 19.3 Å². The molecule has 164 valence electrons. The van der Waals surface area contributed by atoms with Crippen molar-refractivity contribution in [2.24, 2.45) is 0 Å². The van der Waals surface area contributed by atoms with Crippen molar-refractivity contribution in [3.8, 4) is 0 Å². The van der Waals surface area contributed by atoms with Crippen LogP contribution in [0.25, 0.3) is 10.2 Å². The van der Waals surface area contributed by atoms with Crippen molar-refractivity contribution in [2.45, 2.75) is 18.2 Å². The standard InChI is InChI=1S/C19H21N5O5S2/c1-4-13-9-15-18(30-13)21-11-24(19(15)27)22-16(25)10-20-17(26)12-6-5-7-14(8-12)31(28,29)23(2)3/h5-9,11H,4,10H2,1-3H3,(H,20,26)(H,22,25). The van der Waals surface area contributed by atoms with E-state index in [0.717, 1.165) is 20.3 Å². The van der Waals surface area contributed by atoms with Crippen LogP contribution < -0.4 is 16.3 Å². The van der Waals surface area contributed by atoms with Crippen LogP contribution >= 0.6 is 11.3 Å². The van der Waals surface area contributed by atoms with Crippen molar-refractivity contribution in [3.63, 3.8) is 0 Å². The lowest BCUT2D eigenvalue weighted by Crippen LogP contribution is -2.39. The van der Waals surface area contributed by atoms with Crippen LogP contribution in [0.3, 0.4) is 0 Å². The molecule has 0 atom stereocenters. The van der Waals surface area contributed by atoms with Crippen LogP contribution in [0, 0.1) is 0 Å². The molecule has 0 saturated carbocycles. The van der Waals surface area contributed by atoms with E-state index in [-0.39, 0.29) is 10.5 Å². The molecule has 3 aromatic rings. The molecule has 12 heteroatoms. The maximum absolute atomic E-state index is 12.5. The maximum atomic E-state index is 12.5. The third kappa shape index (κ3) is 4.81. The molecule has 2 N–H and O–H groups in total. The van der Waals surface area contributed by atoms with E-state index in [1.807, 2.05) is 6.92 Å². The van der Waals surface area contributed by atoms with Crippen molar-refractivity contribution < 1.29 is 18.0 Å². The molecule has 0 bridgehead atoms. The first-order valence-electron chi connectivity index (χ1n) is 9.24. The Bertz CT molecular complexity index is 1310. The summed E-state index contributed by atoms with van der Waals surface area (Å²) in [5, 5.41) is 2.81. The summed E-state index contributed by atoms with van der Waals surface area (Å²) in [7, 11) is -0.921. The van der Waals surface area contributed by atoms with E-state index in [0.29, 0.717) is 10.2 Å². The molecule has 1 aromatic carbocycles. The lowest BCUT2D eigenvalue weighted by atomic mass is 10.2. The van der Waals surface area contributed by atoms with Gasteiger partial charge in [0.2, 0.25) is 10.0 Å². The number of aryl methyl sites for hydroxylation is 1. The van der Waals surface area contributed by atoms with Crippen LogP contribution in [0.2, 0.25) is 0 Å². The molecule has 2 amide bonds. The van der Waals surface area contributed by atoms with Gasteiger partial charge < -0.3 is 5.32 Å². The zero-order valence-corrected chi connectivity index (χ0v) is 18.7. The molecule has 2 aromatic heterocycles. The normalized spacial score (nSPS) is 11.6. The van der Waals surface area contributed by atoms with Gasteiger partial charge in [0.05, 0.1) is 16.8 Å². The molecular weight excluding hydrogens is 442 g/mol. The van der Waals surface area contributed by atoms with Crippen LogP contribution in [0.4, 0.5) is 0 Å². The van der Waals surface area contributed by atoms with Gasteiger partial charge in [0, 0.05) is 24.5 Å². The van der Waals surface area contributed by atoms with Crippen LogP contribution in [0.15, 0.2) is 46.3 Å². The number of nitrogens with zero attached hydrogens (tertiary/aromatic N) is 3. The number of hydrogen-bond acceptors (Lipinski definition) is 7. The average molecular weight is 464 g/mol. The quantitative estimate of drug-likeness (QED) is 0.532. The molecule has 0 spiro atoms. The Balaban J connectivity index is 1.68. The van der Waals surface area contributed by atoms with Gasteiger partial charge in [-0.1, -0.05) is 13.0 Å². The summed E-state index contributed by atoms with van der Waals surface area (Å²) in [5.41, 5.74) is 2.05. The van der Waals surface area contributed by atoms with Crippen LogP contribution in [0.5, 0.6) is 0 Å². The Hall–Kier alpha value is -3.09. The van der Waals surface area contributed by atoms with Crippen LogP contribution in [0.1, 0.15) is 22.2 Å². The van der Waals surface area contributed by atoms with E-state index >= 15 is 0 Å². The summed E-state index contributed by atoms with van der Waals surface area (Å²) in [4.78, 5) is 42.8. The number of aromatic nitrogens is 2. The Kier molecular flexibility index (Phi) is 6.53. The third-order valence-electron chi connectivity index (χ3n) is 4.38. The number of benzene rings is 1.